The third-order valence-electron chi connectivity index (χ3n) is 4.78. The molecule has 4 aliphatic rings. The molecule has 3 aliphatic carbocycles. The van der Waals surface area contributed by atoms with E-state index in [1.54, 1.807) is 9.58 Å². The molecule has 6 nitrogen and oxygen atoms in total. The highest BCUT2D eigenvalue weighted by Crippen LogP contribution is 2.56. The first-order chi connectivity index (χ1) is 9.08. The number of rotatable bonds is 1. The number of hydrogen-bond acceptors (Lipinski definition) is 4. The van der Waals surface area contributed by atoms with E-state index in [0.29, 0.717) is 24.5 Å². The Morgan fingerprint density at radius 3 is 2.53 bits per heavy atom. The summed E-state index contributed by atoms with van der Waals surface area (Å²) in [6.45, 7) is 0.506. The van der Waals surface area contributed by atoms with E-state index in [4.69, 9.17) is 0 Å². The zero-order chi connectivity index (χ0) is 13.3. The van der Waals surface area contributed by atoms with Crippen LogP contribution in [-0.4, -0.2) is 40.3 Å². The van der Waals surface area contributed by atoms with Crippen molar-refractivity contribution in [1.82, 2.24) is 9.58 Å². The van der Waals surface area contributed by atoms with Gasteiger partial charge in [-0.15, -0.1) is 0 Å². The van der Waals surface area contributed by atoms with E-state index in [2.05, 4.69) is 0 Å². The van der Waals surface area contributed by atoms with Crippen molar-refractivity contribution in [2.45, 2.75) is 18.9 Å². The molecule has 3 fully saturated rings. The molecule has 5 rings (SSSR count). The van der Waals surface area contributed by atoms with Crippen LogP contribution in [0.25, 0.3) is 0 Å². The molecule has 19 heavy (non-hydrogen) atoms. The van der Waals surface area contributed by atoms with E-state index < -0.39 is 11.2 Å². The van der Waals surface area contributed by atoms with Crippen molar-refractivity contribution in [3.63, 3.8) is 0 Å². The third kappa shape index (κ3) is 1.21. The smallest absolute Gasteiger partial charge is 0.278 e. The van der Waals surface area contributed by atoms with Crippen molar-refractivity contribution in [2.75, 3.05) is 18.7 Å². The van der Waals surface area contributed by atoms with Crippen LogP contribution in [0.2, 0.25) is 0 Å². The molecule has 1 aromatic heterocycles. The Balaban J connectivity index is 1.79. The van der Waals surface area contributed by atoms with Crippen LogP contribution in [0.3, 0.4) is 0 Å². The lowest BCUT2D eigenvalue weighted by atomic mass is 9.51. The molecule has 1 aliphatic heterocycles. The maximum absolute atomic E-state index is 12.5. The molecule has 0 aromatic carbocycles. The van der Waals surface area contributed by atoms with Crippen molar-refractivity contribution in [1.29, 1.82) is 0 Å². The van der Waals surface area contributed by atoms with E-state index in [1.807, 2.05) is 12.1 Å². The van der Waals surface area contributed by atoms with Gasteiger partial charge in [0.25, 0.3) is 5.91 Å². The number of pyridine rings is 1. The highest BCUT2D eigenvalue weighted by molar-refractivity contribution is 5.96. The highest BCUT2D eigenvalue weighted by Gasteiger charge is 2.57. The SMILES string of the molecule is CN1CN(C2C3CC2C3)C(=O)c2c(O)c(=O)ccn21. The Morgan fingerprint density at radius 1 is 1.26 bits per heavy atom. The van der Waals surface area contributed by atoms with Gasteiger partial charge in [-0.1, -0.05) is 0 Å². The molecule has 0 spiro atoms. The molecule has 100 valence electrons. The van der Waals surface area contributed by atoms with Crippen LogP contribution >= 0.6 is 0 Å². The summed E-state index contributed by atoms with van der Waals surface area (Å²) >= 11 is 0. The maximum atomic E-state index is 12.5. The minimum atomic E-state index is -0.506. The van der Waals surface area contributed by atoms with Crippen LogP contribution in [0.4, 0.5) is 0 Å². The molecule has 6 heteroatoms. The van der Waals surface area contributed by atoms with E-state index in [-0.39, 0.29) is 11.6 Å². The average molecular weight is 261 g/mol. The fourth-order valence-corrected chi connectivity index (χ4v) is 3.49. The van der Waals surface area contributed by atoms with Gasteiger partial charge in [0.05, 0.1) is 0 Å². The number of fused-ring (bicyclic) bond motifs is 1. The summed E-state index contributed by atoms with van der Waals surface area (Å²) in [5.41, 5.74) is -0.416. The predicted octanol–water partition coefficient (Wildman–Crippen LogP) is -0.0566. The Bertz CT molecular complexity index is 625. The van der Waals surface area contributed by atoms with Crippen molar-refractivity contribution >= 4 is 5.91 Å². The summed E-state index contributed by atoms with van der Waals surface area (Å²) in [5.74, 6) is 0.558. The fourth-order valence-electron chi connectivity index (χ4n) is 3.49. The zero-order valence-electron chi connectivity index (χ0n) is 10.6. The molecule has 0 saturated heterocycles. The highest BCUT2D eigenvalue weighted by atomic mass is 16.3. The van der Waals surface area contributed by atoms with E-state index in [9.17, 15) is 14.7 Å². The lowest BCUT2D eigenvalue weighted by molar-refractivity contribution is -0.102. The fraction of sp³-hybridized carbons (Fsp3) is 0.538. The second-order valence-electron chi connectivity index (χ2n) is 5.78. The molecule has 0 atom stereocenters. The van der Waals surface area contributed by atoms with Crippen LogP contribution in [0.1, 0.15) is 23.3 Å². The number of nitrogens with zero attached hydrogens (tertiary/aromatic N) is 3. The first-order valence-electron chi connectivity index (χ1n) is 6.55. The van der Waals surface area contributed by atoms with Gasteiger partial charge in [0.2, 0.25) is 5.43 Å². The van der Waals surface area contributed by atoms with E-state index >= 15 is 0 Å². The summed E-state index contributed by atoms with van der Waals surface area (Å²) in [6, 6.07) is 1.58. The third-order valence-corrected chi connectivity index (χ3v) is 4.78. The minimum absolute atomic E-state index is 0.0903. The quantitative estimate of drug-likeness (QED) is 0.769. The average Bonchev–Trinajstić information content (AvgIpc) is 2.25. The van der Waals surface area contributed by atoms with Crippen molar-refractivity contribution in [2.24, 2.45) is 11.8 Å². The number of hydrogen-bond donors (Lipinski definition) is 1. The van der Waals surface area contributed by atoms with Crippen molar-refractivity contribution in [3.8, 4) is 5.75 Å². The van der Waals surface area contributed by atoms with Gasteiger partial charge in [-0.25, -0.2) is 0 Å². The van der Waals surface area contributed by atoms with Gasteiger partial charge >= 0.3 is 0 Å². The Morgan fingerprint density at radius 2 is 1.95 bits per heavy atom. The van der Waals surface area contributed by atoms with Gasteiger partial charge in [0.15, 0.2) is 11.4 Å². The first kappa shape index (κ1) is 10.9. The molecule has 1 aromatic rings. The molecular weight excluding hydrogens is 246 g/mol. The maximum Gasteiger partial charge on any atom is 0.278 e. The lowest BCUT2D eigenvalue weighted by Crippen LogP contribution is -2.68. The Labute approximate surface area is 109 Å². The molecule has 1 amide bonds. The Kier molecular flexibility index (Phi) is 1.90. The second kappa shape index (κ2) is 3.31. The predicted molar refractivity (Wildman–Crippen MR) is 67.5 cm³/mol. The summed E-state index contributed by atoms with van der Waals surface area (Å²) in [7, 11) is 1.84. The van der Waals surface area contributed by atoms with Crippen LogP contribution in [0.15, 0.2) is 17.1 Å². The summed E-state index contributed by atoms with van der Waals surface area (Å²) in [4.78, 5) is 25.8. The Hall–Kier alpha value is -1.98. The summed E-state index contributed by atoms with van der Waals surface area (Å²) in [5, 5.41) is 11.7. The molecule has 3 saturated carbocycles. The second-order valence-corrected chi connectivity index (χ2v) is 5.78. The molecule has 0 unspecified atom stereocenters. The minimum Gasteiger partial charge on any atom is -0.502 e. The number of carbonyl (C=O) groups is 1. The van der Waals surface area contributed by atoms with Crippen LogP contribution in [0.5, 0.6) is 5.75 Å². The van der Waals surface area contributed by atoms with Gasteiger partial charge in [-0.3, -0.25) is 19.3 Å². The van der Waals surface area contributed by atoms with Gasteiger partial charge in [0, 0.05) is 25.4 Å². The zero-order valence-corrected chi connectivity index (χ0v) is 10.6. The van der Waals surface area contributed by atoms with E-state index in [1.165, 1.54) is 25.1 Å². The number of aromatic hydroxyl groups is 1. The van der Waals surface area contributed by atoms with Gasteiger partial charge in [0.1, 0.15) is 6.67 Å². The summed E-state index contributed by atoms with van der Waals surface area (Å²) < 4.78 is 1.56. The number of carbonyl (C=O) groups excluding carboxylic acids is 1. The normalized spacial score (nSPS) is 31.6. The van der Waals surface area contributed by atoms with Crippen LogP contribution in [0, 0.1) is 11.8 Å². The van der Waals surface area contributed by atoms with Gasteiger partial charge in [-0.05, 0) is 24.7 Å². The summed E-state index contributed by atoms with van der Waals surface area (Å²) in [6.07, 6.45) is 3.96. The molecular formula is C13H15N3O3. The van der Waals surface area contributed by atoms with E-state index in [0.717, 1.165) is 0 Å². The number of amides is 1. The molecule has 2 heterocycles. The first-order valence-corrected chi connectivity index (χ1v) is 6.55. The monoisotopic (exact) mass is 261 g/mol. The van der Waals surface area contributed by atoms with Gasteiger partial charge < -0.3 is 10.0 Å². The molecule has 1 N–H and O–H groups in total. The molecule has 0 radical (unpaired) electrons. The molecule has 2 bridgehead atoms. The topological polar surface area (TPSA) is 65.8 Å². The van der Waals surface area contributed by atoms with Gasteiger partial charge in [-0.2, -0.15) is 0 Å². The van der Waals surface area contributed by atoms with Crippen LogP contribution < -0.4 is 10.4 Å². The lowest BCUT2D eigenvalue weighted by Gasteiger charge is -2.62. The largest absolute Gasteiger partial charge is 0.502 e. The van der Waals surface area contributed by atoms with Crippen LogP contribution in [-0.2, 0) is 0 Å². The number of aromatic nitrogens is 1. The van der Waals surface area contributed by atoms with Crippen molar-refractivity contribution in [3.05, 3.63) is 28.2 Å². The van der Waals surface area contributed by atoms with Crippen molar-refractivity contribution < 1.29 is 9.90 Å². The standard InChI is InChI=1S/C13H15N3O3/c1-14-6-15(10-7-4-8(10)5-7)13(19)11-12(18)9(17)2-3-16(11)14/h2-3,7-8,10,18H,4-6H2,1H3.